The Kier molecular flexibility index (Phi) is 4.38. The molecule has 0 aromatic rings. The first-order valence-electron chi connectivity index (χ1n) is 4.18. The van der Waals surface area contributed by atoms with Crippen molar-refractivity contribution in [1.82, 2.24) is 0 Å². The van der Waals surface area contributed by atoms with Gasteiger partial charge in [0.2, 0.25) is 0 Å². The first-order chi connectivity index (χ1) is 5.73. The van der Waals surface area contributed by atoms with Crippen molar-refractivity contribution in [2.75, 3.05) is 11.5 Å². The number of hydrogen-bond acceptors (Lipinski definition) is 4. The van der Waals surface area contributed by atoms with Crippen molar-refractivity contribution < 1.29 is 16.8 Å². The highest BCUT2D eigenvalue weighted by Crippen LogP contribution is 2.09. The smallest absolute Gasteiger partial charge is 0.213 e. The van der Waals surface area contributed by atoms with E-state index < -0.39 is 17.7 Å². The average Bonchev–Trinajstić information content (AvgIpc) is 2.01. The summed E-state index contributed by atoms with van der Waals surface area (Å²) < 4.78 is 44.5. The molecule has 0 fully saturated rings. The van der Waals surface area contributed by atoms with E-state index in [1.165, 1.54) is 6.92 Å². The van der Waals surface area contributed by atoms with Crippen molar-refractivity contribution in [2.45, 2.75) is 27.2 Å². The molecule has 0 saturated heterocycles. The summed E-state index contributed by atoms with van der Waals surface area (Å²) >= 11 is 0. The molecule has 0 aliphatic heterocycles. The zero-order chi connectivity index (χ0) is 10.7. The molecule has 0 heterocycles. The van der Waals surface area contributed by atoms with Crippen molar-refractivity contribution in [3.8, 4) is 0 Å². The fourth-order valence-electron chi connectivity index (χ4n) is 0.687. The van der Waals surface area contributed by atoms with Gasteiger partial charge in [0.05, 0.1) is 11.5 Å². The monoisotopic (exact) mass is 228 g/mol. The third kappa shape index (κ3) is 3.64. The van der Waals surface area contributed by atoms with Gasteiger partial charge in [0.15, 0.2) is 0 Å². The molecule has 80 valence electrons. The van der Waals surface area contributed by atoms with E-state index in [0.29, 0.717) is 6.42 Å². The Morgan fingerprint density at radius 2 is 1.46 bits per heavy atom. The second-order valence-electron chi connectivity index (χ2n) is 3.29. The molecule has 0 spiro atoms. The van der Waals surface area contributed by atoms with Crippen LogP contribution in [0.2, 0.25) is 0 Å². The highest BCUT2D eigenvalue weighted by molar-refractivity contribution is 8.67. The topological polar surface area (TPSA) is 68.3 Å². The van der Waals surface area contributed by atoms with Crippen molar-refractivity contribution >= 4 is 17.7 Å². The predicted molar refractivity (Wildman–Crippen MR) is 52.7 cm³/mol. The minimum absolute atomic E-state index is 0.196. The first kappa shape index (κ1) is 12.9. The molecular formula is C7H16O4S2. The molecule has 0 rings (SSSR count). The lowest BCUT2D eigenvalue weighted by atomic mass is 10.2. The first-order valence-corrected chi connectivity index (χ1v) is 8.00. The van der Waals surface area contributed by atoms with Gasteiger partial charge in [0.1, 0.15) is 0 Å². The van der Waals surface area contributed by atoms with Crippen LogP contribution in [-0.2, 0) is 17.7 Å². The second kappa shape index (κ2) is 4.41. The molecule has 4 nitrogen and oxygen atoms in total. The molecule has 0 N–H and O–H groups in total. The maximum absolute atomic E-state index is 11.2. The zero-order valence-corrected chi connectivity index (χ0v) is 9.78. The molecule has 6 heteroatoms. The Balaban J connectivity index is 4.62. The Morgan fingerprint density at radius 3 is 1.77 bits per heavy atom. The van der Waals surface area contributed by atoms with Crippen LogP contribution in [0.3, 0.4) is 0 Å². The summed E-state index contributed by atoms with van der Waals surface area (Å²) in [7, 11) is -7.85. The molecule has 13 heavy (non-hydrogen) atoms. The maximum Gasteiger partial charge on any atom is 0.253 e. The van der Waals surface area contributed by atoms with E-state index in [1.807, 2.05) is 13.8 Å². The van der Waals surface area contributed by atoms with Crippen LogP contribution in [0.25, 0.3) is 0 Å². The fraction of sp³-hybridized carbons (Fsp3) is 1.00. The van der Waals surface area contributed by atoms with Crippen LogP contribution >= 0.6 is 0 Å². The van der Waals surface area contributed by atoms with Crippen molar-refractivity contribution in [3.63, 3.8) is 0 Å². The molecule has 0 unspecified atom stereocenters. The van der Waals surface area contributed by atoms with Gasteiger partial charge in [0.25, 0.3) is 17.7 Å². The summed E-state index contributed by atoms with van der Waals surface area (Å²) in [6, 6.07) is 0. The van der Waals surface area contributed by atoms with Crippen LogP contribution < -0.4 is 0 Å². The van der Waals surface area contributed by atoms with E-state index in [-0.39, 0.29) is 17.4 Å². The molecule has 0 atom stereocenters. The minimum Gasteiger partial charge on any atom is -0.213 e. The third-order valence-corrected chi connectivity index (χ3v) is 7.43. The van der Waals surface area contributed by atoms with Gasteiger partial charge in [-0.15, -0.1) is 0 Å². The second-order valence-corrected chi connectivity index (χ2v) is 9.55. The lowest BCUT2D eigenvalue weighted by Crippen LogP contribution is -2.21. The maximum atomic E-state index is 11.2. The molecule has 0 amide bonds. The van der Waals surface area contributed by atoms with Crippen LogP contribution in [0.15, 0.2) is 0 Å². The van der Waals surface area contributed by atoms with Crippen LogP contribution in [0, 0.1) is 5.92 Å². The summed E-state index contributed by atoms with van der Waals surface area (Å²) in [5, 5.41) is 0. The Labute approximate surface area is 79.6 Å². The number of rotatable bonds is 5. The van der Waals surface area contributed by atoms with E-state index in [9.17, 15) is 16.8 Å². The van der Waals surface area contributed by atoms with Crippen molar-refractivity contribution in [3.05, 3.63) is 0 Å². The number of hydrogen-bond donors (Lipinski definition) is 0. The molecule has 0 aliphatic carbocycles. The predicted octanol–water partition coefficient (Wildman–Crippen LogP) is 0.797. The zero-order valence-electron chi connectivity index (χ0n) is 8.15. The van der Waals surface area contributed by atoms with E-state index in [2.05, 4.69) is 0 Å². The molecular weight excluding hydrogens is 212 g/mol. The molecule has 0 bridgehead atoms. The van der Waals surface area contributed by atoms with Crippen LogP contribution in [-0.4, -0.2) is 28.3 Å². The Bertz CT molecular complexity index is 337. The van der Waals surface area contributed by atoms with E-state index in [4.69, 9.17) is 0 Å². The quantitative estimate of drug-likeness (QED) is 0.653. The largest absolute Gasteiger partial charge is 0.253 e. The van der Waals surface area contributed by atoms with Gasteiger partial charge in [-0.3, -0.25) is 0 Å². The van der Waals surface area contributed by atoms with Crippen molar-refractivity contribution in [2.24, 2.45) is 5.92 Å². The third-order valence-electron chi connectivity index (χ3n) is 1.69. The normalized spacial score (nSPS) is 13.5. The van der Waals surface area contributed by atoms with Gasteiger partial charge in [-0.25, -0.2) is 16.8 Å². The Morgan fingerprint density at radius 1 is 1.00 bits per heavy atom. The lowest BCUT2D eigenvalue weighted by Gasteiger charge is -2.05. The van der Waals surface area contributed by atoms with Crippen LogP contribution in [0.1, 0.15) is 27.2 Å². The van der Waals surface area contributed by atoms with E-state index >= 15 is 0 Å². The van der Waals surface area contributed by atoms with Gasteiger partial charge < -0.3 is 0 Å². The lowest BCUT2D eigenvalue weighted by molar-refractivity contribution is 0.570. The Hall–Kier alpha value is -0.100. The average molecular weight is 228 g/mol. The van der Waals surface area contributed by atoms with Gasteiger partial charge in [-0.1, -0.05) is 20.8 Å². The summed E-state index contributed by atoms with van der Waals surface area (Å²) in [6.07, 6.45) is 0.390. The highest BCUT2D eigenvalue weighted by atomic mass is 33.2. The highest BCUT2D eigenvalue weighted by Gasteiger charge is 2.27. The summed E-state index contributed by atoms with van der Waals surface area (Å²) in [5.41, 5.74) is 0. The molecule has 0 aliphatic rings. The van der Waals surface area contributed by atoms with Gasteiger partial charge in [0, 0.05) is 0 Å². The van der Waals surface area contributed by atoms with Gasteiger partial charge in [-0.2, -0.15) is 0 Å². The summed E-state index contributed by atoms with van der Waals surface area (Å²) in [5.74, 6) is -0.407. The molecule has 0 aromatic heterocycles. The summed E-state index contributed by atoms with van der Waals surface area (Å²) in [4.78, 5) is 0. The molecule has 0 radical (unpaired) electrons. The van der Waals surface area contributed by atoms with Crippen LogP contribution in [0.4, 0.5) is 0 Å². The minimum atomic E-state index is -3.93. The SMILES string of the molecule is CCS(=O)(=O)S(=O)(=O)CCC(C)C. The van der Waals surface area contributed by atoms with Gasteiger partial charge in [-0.05, 0) is 12.3 Å². The van der Waals surface area contributed by atoms with Crippen molar-refractivity contribution in [1.29, 1.82) is 0 Å². The van der Waals surface area contributed by atoms with Crippen LogP contribution in [0.5, 0.6) is 0 Å². The standard InChI is InChI=1S/C7H16O4S2/c1-4-12(8,9)13(10,11)6-5-7(2)3/h7H,4-6H2,1-3H3. The van der Waals surface area contributed by atoms with E-state index in [1.54, 1.807) is 0 Å². The van der Waals surface area contributed by atoms with Gasteiger partial charge >= 0.3 is 0 Å². The molecule has 0 aromatic carbocycles. The molecule has 0 saturated carbocycles. The van der Waals surface area contributed by atoms with E-state index in [0.717, 1.165) is 0 Å². The summed E-state index contributed by atoms with van der Waals surface area (Å²) in [6.45, 7) is 5.05. The fourth-order valence-corrected chi connectivity index (χ4v) is 4.19.